The zero-order valence-electron chi connectivity index (χ0n) is 18.4. The van der Waals surface area contributed by atoms with Crippen molar-refractivity contribution in [3.05, 3.63) is 12.2 Å². The molecule has 0 aliphatic carbocycles. The molecule has 0 radical (unpaired) electrons. The maximum atomic E-state index is 4.23. The van der Waals surface area contributed by atoms with E-state index in [1.807, 2.05) is 0 Å². The maximum Gasteiger partial charge on any atom is -0.0311 e. The molecule has 0 aliphatic heterocycles. The van der Waals surface area contributed by atoms with Crippen molar-refractivity contribution in [3.63, 3.8) is 0 Å². The highest BCUT2D eigenvalue weighted by atomic mass is 14.4. The molecule has 0 rings (SSSR count). The summed E-state index contributed by atoms with van der Waals surface area (Å²) < 4.78 is 0. The summed E-state index contributed by atoms with van der Waals surface area (Å²) >= 11 is 0. The standard InChI is InChI=1S/C24H48/c1-10-14-21(6)23(22(7)17-16-20(5)12-3)24(8,9)18-13-15-19(4)11-2/h19,21-23H,5,10-18H2,1-4,6-9H3. The lowest BCUT2D eigenvalue weighted by Gasteiger charge is -2.43. The Labute approximate surface area is 154 Å². The average Bonchev–Trinajstić information content (AvgIpc) is 2.52. The van der Waals surface area contributed by atoms with Crippen LogP contribution in [0.3, 0.4) is 0 Å². The summed E-state index contributed by atoms with van der Waals surface area (Å²) in [5.41, 5.74) is 1.88. The first kappa shape index (κ1) is 23.7. The van der Waals surface area contributed by atoms with Crippen molar-refractivity contribution >= 4 is 0 Å². The molecular weight excluding hydrogens is 288 g/mol. The Bertz CT molecular complexity index is 325. The van der Waals surface area contributed by atoms with Gasteiger partial charge < -0.3 is 0 Å². The molecule has 0 N–H and O–H groups in total. The van der Waals surface area contributed by atoms with Gasteiger partial charge in [0.15, 0.2) is 0 Å². The van der Waals surface area contributed by atoms with E-state index in [2.05, 4.69) is 62.0 Å². The van der Waals surface area contributed by atoms with Gasteiger partial charge in [0, 0.05) is 0 Å². The third kappa shape index (κ3) is 8.72. The lowest BCUT2D eigenvalue weighted by atomic mass is 9.62. The van der Waals surface area contributed by atoms with Crippen LogP contribution in [0.15, 0.2) is 12.2 Å². The third-order valence-corrected chi connectivity index (χ3v) is 6.54. The van der Waals surface area contributed by atoms with Gasteiger partial charge in [-0.3, -0.25) is 0 Å². The van der Waals surface area contributed by atoms with E-state index in [-0.39, 0.29) is 0 Å². The molecule has 4 unspecified atom stereocenters. The third-order valence-electron chi connectivity index (χ3n) is 6.54. The molecule has 144 valence electrons. The lowest BCUT2D eigenvalue weighted by molar-refractivity contribution is 0.0680. The predicted octanol–water partition coefficient (Wildman–Crippen LogP) is 8.66. The topological polar surface area (TPSA) is 0 Å². The molecular formula is C24H48. The van der Waals surface area contributed by atoms with Crippen molar-refractivity contribution in [1.82, 2.24) is 0 Å². The van der Waals surface area contributed by atoms with E-state index in [0.717, 1.165) is 30.1 Å². The molecule has 0 aromatic carbocycles. The predicted molar refractivity (Wildman–Crippen MR) is 112 cm³/mol. The van der Waals surface area contributed by atoms with Crippen molar-refractivity contribution in [3.8, 4) is 0 Å². The summed E-state index contributed by atoms with van der Waals surface area (Å²) in [4.78, 5) is 0. The second-order valence-corrected chi connectivity index (χ2v) is 9.31. The average molecular weight is 337 g/mol. The fourth-order valence-corrected chi connectivity index (χ4v) is 4.80. The summed E-state index contributed by atoms with van der Waals surface area (Å²) in [7, 11) is 0. The van der Waals surface area contributed by atoms with E-state index in [0.29, 0.717) is 5.41 Å². The summed E-state index contributed by atoms with van der Waals surface area (Å²) in [5.74, 6) is 3.35. The minimum Gasteiger partial charge on any atom is -0.0999 e. The van der Waals surface area contributed by atoms with Gasteiger partial charge in [-0.25, -0.2) is 0 Å². The Hall–Kier alpha value is -0.260. The molecule has 0 aromatic rings. The van der Waals surface area contributed by atoms with Crippen molar-refractivity contribution < 1.29 is 0 Å². The zero-order valence-corrected chi connectivity index (χ0v) is 18.4. The maximum absolute atomic E-state index is 4.23. The molecule has 0 saturated carbocycles. The largest absolute Gasteiger partial charge is 0.0999 e. The first-order chi connectivity index (χ1) is 11.2. The van der Waals surface area contributed by atoms with Gasteiger partial charge >= 0.3 is 0 Å². The minimum atomic E-state index is 0.453. The van der Waals surface area contributed by atoms with Crippen LogP contribution in [0, 0.1) is 29.1 Å². The molecule has 0 bridgehead atoms. The summed E-state index contributed by atoms with van der Waals surface area (Å²) in [6.45, 7) is 23.6. The van der Waals surface area contributed by atoms with Gasteiger partial charge in [0.2, 0.25) is 0 Å². The number of hydrogen-bond donors (Lipinski definition) is 0. The Kier molecular flexibility index (Phi) is 12.0. The first-order valence-electron chi connectivity index (χ1n) is 10.9. The molecule has 0 heterocycles. The quantitative estimate of drug-likeness (QED) is 0.278. The molecule has 0 fully saturated rings. The summed E-state index contributed by atoms with van der Waals surface area (Å²) in [6, 6.07) is 0. The highest BCUT2D eigenvalue weighted by molar-refractivity contribution is 4.94. The summed E-state index contributed by atoms with van der Waals surface area (Å²) in [6.07, 6.45) is 11.9. The lowest BCUT2D eigenvalue weighted by Crippen LogP contribution is -2.35. The van der Waals surface area contributed by atoms with E-state index < -0.39 is 0 Å². The molecule has 0 aliphatic rings. The second kappa shape index (κ2) is 12.2. The van der Waals surface area contributed by atoms with E-state index in [1.165, 1.54) is 56.9 Å². The van der Waals surface area contributed by atoms with Crippen LogP contribution in [0.5, 0.6) is 0 Å². The normalized spacial score (nSPS) is 17.3. The van der Waals surface area contributed by atoms with Gasteiger partial charge in [0.1, 0.15) is 0 Å². The van der Waals surface area contributed by atoms with E-state index in [9.17, 15) is 0 Å². The van der Waals surface area contributed by atoms with Gasteiger partial charge in [0.25, 0.3) is 0 Å². The molecule has 0 heteroatoms. The zero-order chi connectivity index (χ0) is 18.8. The van der Waals surface area contributed by atoms with Crippen molar-refractivity contribution in [2.24, 2.45) is 29.1 Å². The van der Waals surface area contributed by atoms with E-state index in [1.54, 1.807) is 0 Å². The number of hydrogen-bond acceptors (Lipinski definition) is 0. The SMILES string of the molecule is C=C(CC)CCC(C)C(C(C)CCC)C(C)(C)CCCC(C)CC. The van der Waals surface area contributed by atoms with E-state index >= 15 is 0 Å². The Morgan fingerprint density at radius 2 is 1.50 bits per heavy atom. The van der Waals surface area contributed by atoms with Gasteiger partial charge in [-0.15, -0.1) is 0 Å². The Morgan fingerprint density at radius 3 is 2.00 bits per heavy atom. The monoisotopic (exact) mass is 336 g/mol. The van der Waals surface area contributed by atoms with Gasteiger partial charge in [-0.05, 0) is 54.8 Å². The summed E-state index contributed by atoms with van der Waals surface area (Å²) in [5, 5.41) is 0. The van der Waals surface area contributed by atoms with Crippen LogP contribution in [0.4, 0.5) is 0 Å². The molecule has 4 atom stereocenters. The second-order valence-electron chi connectivity index (χ2n) is 9.31. The van der Waals surface area contributed by atoms with Crippen molar-refractivity contribution in [2.45, 2.75) is 113 Å². The molecule has 0 saturated heterocycles. The molecule has 0 amide bonds. The number of allylic oxidation sites excluding steroid dienone is 1. The Balaban J connectivity index is 4.91. The van der Waals surface area contributed by atoms with Crippen LogP contribution in [-0.2, 0) is 0 Å². The van der Waals surface area contributed by atoms with Gasteiger partial charge in [0.05, 0.1) is 0 Å². The fraction of sp³-hybridized carbons (Fsp3) is 0.917. The van der Waals surface area contributed by atoms with Gasteiger partial charge in [-0.2, -0.15) is 0 Å². The van der Waals surface area contributed by atoms with Crippen molar-refractivity contribution in [1.29, 1.82) is 0 Å². The molecule has 0 aromatic heterocycles. The fourth-order valence-electron chi connectivity index (χ4n) is 4.80. The minimum absolute atomic E-state index is 0.453. The molecule has 24 heavy (non-hydrogen) atoms. The molecule has 0 nitrogen and oxygen atoms in total. The smallest absolute Gasteiger partial charge is 0.0311 e. The highest BCUT2D eigenvalue weighted by Crippen LogP contribution is 2.45. The highest BCUT2D eigenvalue weighted by Gasteiger charge is 2.36. The van der Waals surface area contributed by atoms with Crippen LogP contribution in [-0.4, -0.2) is 0 Å². The molecule has 0 spiro atoms. The van der Waals surface area contributed by atoms with Crippen LogP contribution in [0.1, 0.15) is 113 Å². The first-order valence-corrected chi connectivity index (χ1v) is 10.9. The van der Waals surface area contributed by atoms with E-state index in [4.69, 9.17) is 0 Å². The van der Waals surface area contributed by atoms with Crippen LogP contribution in [0.25, 0.3) is 0 Å². The Morgan fingerprint density at radius 1 is 0.917 bits per heavy atom. The van der Waals surface area contributed by atoms with Gasteiger partial charge in [-0.1, -0.05) is 99.6 Å². The van der Waals surface area contributed by atoms with Crippen LogP contribution in [0.2, 0.25) is 0 Å². The number of rotatable bonds is 14. The van der Waals surface area contributed by atoms with Crippen molar-refractivity contribution in [2.75, 3.05) is 0 Å². The van der Waals surface area contributed by atoms with Crippen LogP contribution < -0.4 is 0 Å². The van der Waals surface area contributed by atoms with Crippen LogP contribution >= 0.6 is 0 Å².